The van der Waals surface area contributed by atoms with Crippen molar-refractivity contribution in [1.82, 2.24) is 5.32 Å². The number of nitrogens with one attached hydrogen (secondary N) is 1. The molecule has 1 rings (SSSR count). The third kappa shape index (κ3) is 6.22. The molecule has 5 nitrogen and oxygen atoms in total. The molecular formula is C13H15ClFNO4S. The van der Waals surface area contributed by atoms with E-state index >= 15 is 0 Å². The zero-order valence-electron chi connectivity index (χ0n) is 11.3. The Bertz CT molecular complexity index is 515. The maximum Gasteiger partial charge on any atom is 0.326 e. The highest BCUT2D eigenvalue weighted by Crippen LogP contribution is 2.24. The smallest absolute Gasteiger partial charge is 0.326 e. The first-order valence-corrected chi connectivity index (χ1v) is 7.80. The van der Waals surface area contributed by atoms with Crippen molar-refractivity contribution >= 4 is 35.2 Å². The summed E-state index contributed by atoms with van der Waals surface area (Å²) in [5.41, 5.74) is 0. The predicted octanol–water partition coefficient (Wildman–Crippen LogP) is 2.18. The number of amides is 1. The van der Waals surface area contributed by atoms with Crippen LogP contribution in [-0.2, 0) is 9.59 Å². The van der Waals surface area contributed by atoms with E-state index in [1.54, 1.807) is 0 Å². The average Bonchev–Trinajstić information content (AvgIpc) is 2.42. The van der Waals surface area contributed by atoms with Gasteiger partial charge < -0.3 is 15.2 Å². The van der Waals surface area contributed by atoms with E-state index in [2.05, 4.69) is 5.32 Å². The van der Waals surface area contributed by atoms with Crippen LogP contribution in [0.15, 0.2) is 18.2 Å². The monoisotopic (exact) mass is 335 g/mol. The lowest BCUT2D eigenvalue weighted by atomic mass is 10.2. The van der Waals surface area contributed by atoms with Crippen molar-refractivity contribution in [3.63, 3.8) is 0 Å². The minimum absolute atomic E-state index is 0.0416. The van der Waals surface area contributed by atoms with Crippen LogP contribution in [0.25, 0.3) is 0 Å². The first-order valence-electron chi connectivity index (χ1n) is 6.03. The number of carboxylic acids is 1. The maximum atomic E-state index is 12.8. The standard InChI is InChI=1S/C13H15ClFNO4S/c1-21-5-4-10(13(18)19)16-12(17)7-20-11-3-2-8(15)6-9(11)14/h2-3,6,10H,4-5,7H2,1H3,(H,16,17)(H,18,19). The van der Waals surface area contributed by atoms with Gasteiger partial charge in [0, 0.05) is 0 Å². The lowest BCUT2D eigenvalue weighted by Crippen LogP contribution is -2.43. The fourth-order valence-electron chi connectivity index (χ4n) is 1.46. The summed E-state index contributed by atoms with van der Waals surface area (Å²) in [6.45, 7) is -0.394. The topological polar surface area (TPSA) is 75.6 Å². The molecule has 0 saturated carbocycles. The van der Waals surface area contributed by atoms with E-state index in [9.17, 15) is 14.0 Å². The van der Waals surface area contributed by atoms with Crippen molar-refractivity contribution in [2.45, 2.75) is 12.5 Å². The van der Waals surface area contributed by atoms with Gasteiger partial charge in [-0.2, -0.15) is 11.8 Å². The number of ether oxygens (including phenoxy) is 1. The van der Waals surface area contributed by atoms with E-state index in [1.165, 1.54) is 17.8 Å². The second-order valence-corrected chi connectivity index (χ2v) is 5.50. The maximum absolute atomic E-state index is 12.8. The normalized spacial score (nSPS) is 11.8. The number of rotatable bonds is 8. The summed E-state index contributed by atoms with van der Waals surface area (Å²) in [5, 5.41) is 11.4. The zero-order chi connectivity index (χ0) is 15.8. The fraction of sp³-hybridized carbons (Fsp3) is 0.385. The van der Waals surface area contributed by atoms with Crippen molar-refractivity contribution in [2.24, 2.45) is 0 Å². The average molecular weight is 336 g/mol. The molecule has 1 atom stereocenters. The largest absolute Gasteiger partial charge is 0.482 e. The summed E-state index contributed by atoms with van der Waals surface area (Å²) in [6, 6.07) is 2.55. The Kier molecular flexibility index (Phi) is 7.31. The molecule has 0 heterocycles. The van der Waals surface area contributed by atoms with Crippen molar-refractivity contribution in [1.29, 1.82) is 0 Å². The lowest BCUT2D eigenvalue weighted by Gasteiger charge is -2.14. The molecule has 0 radical (unpaired) electrons. The molecule has 0 bridgehead atoms. The minimum Gasteiger partial charge on any atom is -0.482 e. The second kappa shape index (κ2) is 8.74. The summed E-state index contributed by atoms with van der Waals surface area (Å²) in [7, 11) is 0. The van der Waals surface area contributed by atoms with E-state index in [4.69, 9.17) is 21.4 Å². The predicted molar refractivity (Wildman–Crippen MR) is 79.5 cm³/mol. The van der Waals surface area contributed by atoms with Gasteiger partial charge in [0.2, 0.25) is 0 Å². The van der Waals surface area contributed by atoms with Crippen molar-refractivity contribution in [3.8, 4) is 5.75 Å². The van der Waals surface area contributed by atoms with Crippen molar-refractivity contribution in [2.75, 3.05) is 18.6 Å². The first kappa shape index (κ1) is 17.6. The molecule has 0 saturated heterocycles. The molecule has 1 aromatic rings. The van der Waals surface area contributed by atoms with Gasteiger partial charge in [-0.3, -0.25) is 4.79 Å². The summed E-state index contributed by atoms with van der Waals surface area (Å²) in [6.07, 6.45) is 2.17. The molecule has 0 spiro atoms. The Morgan fingerprint density at radius 3 is 2.81 bits per heavy atom. The van der Waals surface area contributed by atoms with Crippen LogP contribution in [0.3, 0.4) is 0 Å². The summed E-state index contributed by atoms with van der Waals surface area (Å²) < 4.78 is 18.0. The quantitative estimate of drug-likeness (QED) is 0.761. The third-order valence-electron chi connectivity index (χ3n) is 2.50. The SMILES string of the molecule is CSCCC(NC(=O)COc1ccc(F)cc1Cl)C(=O)O. The number of benzene rings is 1. The van der Waals surface area contributed by atoms with E-state index < -0.39 is 30.3 Å². The van der Waals surface area contributed by atoms with Crippen LogP contribution >= 0.6 is 23.4 Å². The third-order valence-corrected chi connectivity index (χ3v) is 3.44. The zero-order valence-corrected chi connectivity index (χ0v) is 12.8. The second-order valence-electron chi connectivity index (χ2n) is 4.10. The number of hydrogen-bond donors (Lipinski definition) is 2. The van der Waals surface area contributed by atoms with Crippen LogP contribution in [0, 0.1) is 5.82 Å². The molecule has 1 unspecified atom stereocenters. The summed E-state index contributed by atoms with van der Waals surface area (Å²) in [5.74, 6) is -1.42. The van der Waals surface area contributed by atoms with Crippen molar-refractivity contribution in [3.05, 3.63) is 29.0 Å². The number of carbonyl (C=O) groups excluding carboxylic acids is 1. The molecule has 0 aliphatic rings. The van der Waals surface area contributed by atoms with E-state index in [0.29, 0.717) is 12.2 Å². The van der Waals surface area contributed by atoms with Crippen LogP contribution in [0.1, 0.15) is 6.42 Å². The Hall–Kier alpha value is -1.47. The van der Waals surface area contributed by atoms with Crippen LogP contribution in [-0.4, -0.2) is 41.6 Å². The van der Waals surface area contributed by atoms with Gasteiger partial charge in [-0.25, -0.2) is 9.18 Å². The van der Waals surface area contributed by atoms with E-state index in [1.807, 2.05) is 6.26 Å². The van der Waals surface area contributed by atoms with Gasteiger partial charge in [0.05, 0.1) is 5.02 Å². The van der Waals surface area contributed by atoms with Crippen LogP contribution in [0.4, 0.5) is 4.39 Å². The molecule has 0 aromatic heterocycles. The molecule has 8 heteroatoms. The summed E-state index contributed by atoms with van der Waals surface area (Å²) in [4.78, 5) is 22.6. The van der Waals surface area contributed by atoms with Gasteiger partial charge in [0.15, 0.2) is 6.61 Å². The molecular weight excluding hydrogens is 321 g/mol. The number of carboxylic acid groups (broad SMARTS) is 1. The van der Waals surface area contributed by atoms with Gasteiger partial charge in [-0.15, -0.1) is 0 Å². The lowest BCUT2D eigenvalue weighted by molar-refractivity contribution is -0.142. The van der Waals surface area contributed by atoms with Crippen LogP contribution in [0.5, 0.6) is 5.75 Å². The van der Waals surface area contributed by atoms with Gasteiger partial charge in [0.25, 0.3) is 5.91 Å². The number of carbonyl (C=O) groups is 2. The molecule has 1 aromatic carbocycles. The molecule has 116 valence electrons. The van der Waals surface area contributed by atoms with Crippen LogP contribution < -0.4 is 10.1 Å². The Labute approximate surface area is 130 Å². The Morgan fingerprint density at radius 2 is 2.24 bits per heavy atom. The molecule has 1 amide bonds. The minimum atomic E-state index is -1.10. The number of hydrogen-bond acceptors (Lipinski definition) is 4. The first-order chi connectivity index (χ1) is 9.93. The highest BCUT2D eigenvalue weighted by molar-refractivity contribution is 7.98. The van der Waals surface area contributed by atoms with Crippen LogP contribution in [0.2, 0.25) is 5.02 Å². The molecule has 2 N–H and O–H groups in total. The molecule has 0 aliphatic carbocycles. The highest BCUT2D eigenvalue weighted by atomic mass is 35.5. The number of aliphatic carboxylic acids is 1. The molecule has 21 heavy (non-hydrogen) atoms. The Morgan fingerprint density at radius 1 is 1.52 bits per heavy atom. The molecule has 0 fully saturated rings. The van der Waals surface area contributed by atoms with Gasteiger partial charge >= 0.3 is 5.97 Å². The van der Waals surface area contributed by atoms with E-state index in [0.717, 1.165) is 12.1 Å². The van der Waals surface area contributed by atoms with Gasteiger partial charge in [0.1, 0.15) is 17.6 Å². The van der Waals surface area contributed by atoms with Crippen molar-refractivity contribution < 1.29 is 23.8 Å². The van der Waals surface area contributed by atoms with Gasteiger partial charge in [-0.1, -0.05) is 11.6 Å². The van der Waals surface area contributed by atoms with E-state index in [-0.39, 0.29) is 10.8 Å². The van der Waals surface area contributed by atoms with Gasteiger partial charge in [-0.05, 0) is 36.6 Å². The summed E-state index contributed by atoms with van der Waals surface area (Å²) >= 11 is 7.23. The molecule has 0 aliphatic heterocycles. The fourth-order valence-corrected chi connectivity index (χ4v) is 2.16. The number of thioether (sulfide) groups is 1. The Balaban J connectivity index is 2.50. The highest BCUT2D eigenvalue weighted by Gasteiger charge is 2.19. The number of halogens is 2.